The Kier molecular flexibility index (Phi) is 4.84. The van der Waals surface area contributed by atoms with Gasteiger partial charge in [-0.15, -0.1) is 0 Å². The quantitative estimate of drug-likeness (QED) is 0.784. The maximum Gasteiger partial charge on any atom is 0.249 e. The maximum absolute atomic E-state index is 12.0. The molecule has 1 aliphatic carbocycles. The van der Waals surface area contributed by atoms with Crippen LogP contribution < -0.4 is 10.0 Å². The fourth-order valence-electron chi connectivity index (χ4n) is 1.98. The minimum Gasteiger partial charge on any atom is -0.302 e. The Labute approximate surface area is 139 Å². The van der Waals surface area contributed by atoms with Gasteiger partial charge >= 0.3 is 0 Å². The van der Waals surface area contributed by atoms with E-state index in [1.807, 2.05) is 0 Å². The number of carbonyl (C=O) groups excluding carboxylic acids is 1. The minimum absolute atomic E-state index is 0.0830. The molecule has 23 heavy (non-hydrogen) atoms. The standard InChI is InChI=1S/C15H17N3O3S2/c19-14(17-15-16-9-10-22-15)8-3-11-1-6-13(7-2-11)23(20,21)18-12-4-5-12/h1-3,6-8,12,18H,4-5,9-10H2,(H,16,17,19)/b8-3+. The molecule has 0 atom stereocenters. The SMILES string of the molecule is O=C(/C=C/c1ccc(S(=O)(=O)NC2CC2)cc1)NC1=NCCS1. The van der Waals surface area contributed by atoms with Crippen molar-refractivity contribution in [1.82, 2.24) is 10.0 Å². The van der Waals surface area contributed by atoms with Gasteiger partial charge in [0, 0.05) is 17.9 Å². The molecule has 0 spiro atoms. The molecule has 2 N–H and O–H groups in total. The first-order valence-electron chi connectivity index (χ1n) is 7.32. The number of sulfonamides is 1. The summed E-state index contributed by atoms with van der Waals surface area (Å²) in [5.41, 5.74) is 0.756. The van der Waals surface area contributed by atoms with E-state index in [4.69, 9.17) is 0 Å². The summed E-state index contributed by atoms with van der Waals surface area (Å²) in [7, 11) is -3.43. The van der Waals surface area contributed by atoms with E-state index in [1.165, 1.54) is 17.8 Å². The lowest BCUT2D eigenvalue weighted by molar-refractivity contribution is -0.115. The van der Waals surface area contributed by atoms with Crippen LogP contribution in [0, 0.1) is 0 Å². The van der Waals surface area contributed by atoms with Crippen molar-refractivity contribution in [2.75, 3.05) is 12.3 Å². The highest BCUT2D eigenvalue weighted by Crippen LogP contribution is 2.22. The Bertz CT molecular complexity index is 751. The molecule has 1 aliphatic heterocycles. The summed E-state index contributed by atoms with van der Waals surface area (Å²) in [5.74, 6) is 0.648. The fraction of sp³-hybridized carbons (Fsp3) is 0.333. The highest BCUT2D eigenvalue weighted by Gasteiger charge is 2.27. The van der Waals surface area contributed by atoms with Crippen LogP contribution in [0.2, 0.25) is 0 Å². The Hall–Kier alpha value is -1.64. The van der Waals surface area contributed by atoms with Crippen molar-refractivity contribution in [3.8, 4) is 0 Å². The average molecular weight is 351 g/mol. The topological polar surface area (TPSA) is 87.6 Å². The molecule has 0 aromatic heterocycles. The summed E-state index contributed by atoms with van der Waals surface area (Å²) in [5, 5.41) is 3.34. The Morgan fingerprint density at radius 1 is 1.26 bits per heavy atom. The molecule has 2 aliphatic rings. The number of nitrogens with zero attached hydrogens (tertiary/aromatic N) is 1. The molecule has 0 radical (unpaired) electrons. The molecule has 0 bridgehead atoms. The monoisotopic (exact) mass is 351 g/mol. The van der Waals surface area contributed by atoms with Crippen molar-refractivity contribution in [3.63, 3.8) is 0 Å². The molecule has 1 aromatic rings. The first-order chi connectivity index (χ1) is 11.0. The third-order valence-electron chi connectivity index (χ3n) is 3.33. The van der Waals surface area contributed by atoms with Gasteiger partial charge in [-0.1, -0.05) is 23.9 Å². The average Bonchev–Trinajstić information content (AvgIpc) is 3.17. The largest absolute Gasteiger partial charge is 0.302 e. The lowest BCUT2D eigenvalue weighted by atomic mass is 10.2. The normalized spacial score (nSPS) is 18.2. The molecular weight excluding hydrogens is 334 g/mol. The van der Waals surface area contributed by atoms with Gasteiger partial charge in [0.15, 0.2) is 5.17 Å². The highest BCUT2D eigenvalue weighted by molar-refractivity contribution is 8.14. The van der Waals surface area contributed by atoms with E-state index in [9.17, 15) is 13.2 Å². The Balaban J connectivity index is 1.60. The van der Waals surface area contributed by atoms with Crippen molar-refractivity contribution in [3.05, 3.63) is 35.9 Å². The predicted octanol–water partition coefficient (Wildman–Crippen LogP) is 1.36. The number of nitrogens with one attached hydrogen (secondary N) is 2. The van der Waals surface area contributed by atoms with Gasteiger partial charge in [0.25, 0.3) is 0 Å². The molecule has 0 saturated heterocycles. The minimum atomic E-state index is -3.43. The summed E-state index contributed by atoms with van der Waals surface area (Å²) in [6, 6.07) is 6.51. The third kappa shape index (κ3) is 4.66. The second-order valence-electron chi connectivity index (χ2n) is 5.32. The lowest BCUT2D eigenvalue weighted by Crippen LogP contribution is -2.25. The summed E-state index contributed by atoms with van der Waals surface area (Å²) in [6.07, 6.45) is 4.85. The lowest BCUT2D eigenvalue weighted by Gasteiger charge is -2.05. The van der Waals surface area contributed by atoms with Crippen LogP contribution in [0.4, 0.5) is 0 Å². The number of hydrogen-bond acceptors (Lipinski definition) is 5. The van der Waals surface area contributed by atoms with Crippen LogP contribution >= 0.6 is 11.8 Å². The highest BCUT2D eigenvalue weighted by atomic mass is 32.2. The molecule has 1 aromatic carbocycles. The number of thioether (sulfide) groups is 1. The first kappa shape index (κ1) is 16.2. The van der Waals surface area contributed by atoms with Gasteiger partial charge in [-0.25, -0.2) is 13.1 Å². The molecule has 1 fully saturated rings. The van der Waals surface area contributed by atoms with Gasteiger partial charge < -0.3 is 5.32 Å². The smallest absolute Gasteiger partial charge is 0.249 e. The van der Waals surface area contributed by atoms with E-state index in [0.717, 1.165) is 30.7 Å². The van der Waals surface area contributed by atoms with Crippen LogP contribution in [0.3, 0.4) is 0 Å². The van der Waals surface area contributed by atoms with Gasteiger partial charge in [-0.3, -0.25) is 9.79 Å². The fourth-order valence-corrected chi connectivity index (χ4v) is 4.01. The van der Waals surface area contributed by atoms with Gasteiger partial charge in [-0.05, 0) is 36.6 Å². The molecule has 3 rings (SSSR count). The van der Waals surface area contributed by atoms with E-state index < -0.39 is 10.0 Å². The molecule has 122 valence electrons. The number of amides is 1. The van der Waals surface area contributed by atoms with Gasteiger partial charge in [-0.2, -0.15) is 0 Å². The number of hydrogen-bond donors (Lipinski definition) is 2. The second-order valence-corrected chi connectivity index (χ2v) is 8.12. The Morgan fingerprint density at radius 3 is 2.61 bits per heavy atom. The van der Waals surface area contributed by atoms with Crippen LogP contribution in [0.1, 0.15) is 18.4 Å². The van der Waals surface area contributed by atoms with E-state index >= 15 is 0 Å². The summed E-state index contributed by atoms with van der Waals surface area (Å²) >= 11 is 1.52. The third-order valence-corrected chi connectivity index (χ3v) is 5.76. The molecule has 0 unspecified atom stereocenters. The van der Waals surface area contributed by atoms with Crippen molar-refractivity contribution in [2.45, 2.75) is 23.8 Å². The zero-order valence-corrected chi connectivity index (χ0v) is 14.0. The molecule has 1 amide bonds. The molecule has 1 saturated carbocycles. The van der Waals surface area contributed by atoms with E-state index in [-0.39, 0.29) is 16.8 Å². The Morgan fingerprint density at radius 2 is 2.00 bits per heavy atom. The number of rotatable bonds is 5. The molecular formula is C15H17N3O3S2. The van der Waals surface area contributed by atoms with Gasteiger partial charge in [0.2, 0.25) is 15.9 Å². The number of benzene rings is 1. The van der Waals surface area contributed by atoms with Crippen molar-refractivity contribution in [2.24, 2.45) is 4.99 Å². The second kappa shape index (κ2) is 6.86. The van der Waals surface area contributed by atoms with E-state index in [2.05, 4.69) is 15.0 Å². The van der Waals surface area contributed by atoms with E-state index in [0.29, 0.717) is 5.17 Å². The summed E-state index contributed by atoms with van der Waals surface area (Å²) in [4.78, 5) is 16.1. The number of amidine groups is 1. The predicted molar refractivity (Wildman–Crippen MR) is 91.7 cm³/mol. The van der Waals surface area contributed by atoms with Crippen molar-refractivity contribution >= 4 is 38.9 Å². The van der Waals surface area contributed by atoms with Crippen LogP contribution in [-0.2, 0) is 14.8 Å². The van der Waals surface area contributed by atoms with Crippen LogP contribution in [0.25, 0.3) is 6.08 Å². The van der Waals surface area contributed by atoms with E-state index in [1.54, 1.807) is 30.3 Å². The number of carbonyl (C=O) groups is 1. The number of aliphatic imine (C=N–C) groups is 1. The van der Waals surface area contributed by atoms with Crippen LogP contribution in [-0.4, -0.2) is 37.8 Å². The maximum atomic E-state index is 12.0. The molecule has 6 nitrogen and oxygen atoms in total. The van der Waals surface area contributed by atoms with Crippen molar-refractivity contribution in [1.29, 1.82) is 0 Å². The van der Waals surface area contributed by atoms with Gasteiger partial charge in [0.1, 0.15) is 0 Å². The first-order valence-corrected chi connectivity index (χ1v) is 9.78. The van der Waals surface area contributed by atoms with Crippen LogP contribution in [0.5, 0.6) is 0 Å². The van der Waals surface area contributed by atoms with Gasteiger partial charge in [0.05, 0.1) is 11.4 Å². The zero-order chi connectivity index (χ0) is 16.3. The summed E-state index contributed by atoms with van der Waals surface area (Å²) in [6.45, 7) is 0.731. The molecule has 8 heteroatoms. The zero-order valence-electron chi connectivity index (χ0n) is 12.4. The summed E-state index contributed by atoms with van der Waals surface area (Å²) < 4.78 is 26.7. The van der Waals surface area contributed by atoms with Crippen LogP contribution in [0.15, 0.2) is 40.2 Å². The van der Waals surface area contributed by atoms with Crippen molar-refractivity contribution < 1.29 is 13.2 Å². The molecule has 1 heterocycles.